The van der Waals surface area contributed by atoms with E-state index in [4.69, 9.17) is 33.2 Å². The van der Waals surface area contributed by atoms with Crippen LogP contribution in [0.3, 0.4) is 0 Å². The molecule has 262 valence electrons. The van der Waals surface area contributed by atoms with Crippen LogP contribution in [0.4, 0.5) is 0 Å². The highest BCUT2D eigenvalue weighted by Crippen LogP contribution is 2.26. The SMILES string of the molecule is C=CC(=O)OCCCCCCOc1ccc(C(=O)Oc2ccc(OC(=O)c3ccc(C(=C)OCCCOCCCOC)cc3)cc2C)cc1. The summed E-state index contributed by atoms with van der Waals surface area (Å²) in [5.74, 6) is 0.382. The van der Waals surface area contributed by atoms with Gasteiger partial charge in [0.05, 0.1) is 30.9 Å². The molecule has 0 aliphatic carbocycles. The van der Waals surface area contributed by atoms with Gasteiger partial charge >= 0.3 is 17.9 Å². The topological polar surface area (TPSA) is 116 Å². The van der Waals surface area contributed by atoms with E-state index in [1.807, 2.05) is 0 Å². The Bertz CT molecular complexity index is 1500. The van der Waals surface area contributed by atoms with E-state index in [1.54, 1.807) is 80.8 Å². The number of hydrogen-bond donors (Lipinski definition) is 0. The maximum atomic E-state index is 12.8. The summed E-state index contributed by atoms with van der Waals surface area (Å²) in [5.41, 5.74) is 2.12. The van der Waals surface area contributed by atoms with Crippen molar-refractivity contribution in [3.63, 3.8) is 0 Å². The average Bonchev–Trinajstić information content (AvgIpc) is 3.11. The second-order valence-corrected chi connectivity index (χ2v) is 11.0. The van der Waals surface area contributed by atoms with Crippen molar-refractivity contribution in [3.05, 3.63) is 108 Å². The van der Waals surface area contributed by atoms with E-state index in [0.717, 1.165) is 50.2 Å². The predicted molar refractivity (Wildman–Crippen MR) is 186 cm³/mol. The van der Waals surface area contributed by atoms with Crippen molar-refractivity contribution in [2.45, 2.75) is 45.4 Å². The van der Waals surface area contributed by atoms with Gasteiger partial charge in [-0.1, -0.05) is 25.3 Å². The number of carbonyl (C=O) groups is 3. The Hall–Kier alpha value is -4.93. The molecule has 10 heteroatoms. The van der Waals surface area contributed by atoms with E-state index in [2.05, 4.69) is 13.2 Å². The first-order valence-electron chi connectivity index (χ1n) is 16.4. The maximum Gasteiger partial charge on any atom is 0.343 e. The summed E-state index contributed by atoms with van der Waals surface area (Å²) in [7, 11) is 1.67. The summed E-state index contributed by atoms with van der Waals surface area (Å²) in [4.78, 5) is 36.6. The molecular weight excluding hydrogens is 628 g/mol. The molecule has 3 aromatic rings. The fourth-order valence-electron chi connectivity index (χ4n) is 4.43. The van der Waals surface area contributed by atoms with Gasteiger partial charge in [-0.25, -0.2) is 14.4 Å². The summed E-state index contributed by atoms with van der Waals surface area (Å²) in [6.07, 6.45) is 6.27. The van der Waals surface area contributed by atoms with Gasteiger partial charge in [-0.05, 0) is 99.2 Å². The number of aryl methyl sites for hydroxylation is 1. The van der Waals surface area contributed by atoms with Gasteiger partial charge in [0.25, 0.3) is 0 Å². The number of unbranched alkanes of at least 4 members (excludes halogenated alkanes) is 3. The molecule has 0 saturated carbocycles. The third-order valence-electron chi connectivity index (χ3n) is 7.16. The highest BCUT2D eigenvalue weighted by atomic mass is 16.5. The largest absolute Gasteiger partial charge is 0.494 e. The van der Waals surface area contributed by atoms with Gasteiger partial charge in [-0.2, -0.15) is 0 Å². The van der Waals surface area contributed by atoms with Crippen LogP contribution in [0.25, 0.3) is 5.76 Å². The minimum absolute atomic E-state index is 0.321. The standard InChI is InChI=1S/C39H46O10/c1-5-37(40)47-26-9-7-6-8-25-46-34-18-16-33(17-19-34)39(42)49-36-21-20-35(28-29(36)2)48-38(41)32-14-12-31(13-15-32)30(3)45-27-11-24-44-23-10-22-43-4/h5,12-21,28H,1,3,6-11,22-27H2,2,4H3. The number of rotatable bonds is 23. The van der Waals surface area contributed by atoms with E-state index >= 15 is 0 Å². The van der Waals surface area contributed by atoms with E-state index < -0.39 is 17.9 Å². The molecule has 10 nitrogen and oxygen atoms in total. The molecule has 0 unspecified atom stereocenters. The molecule has 0 atom stereocenters. The van der Waals surface area contributed by atoms with E-state index in [1.165, 1.54) is 0 Å². The zero-order chi connectivity index (χ0) is 35.3. The Morgan fingerprint density at radius 2 is 1.20 bits per heavy atom. The van der Waals surface area contributed by atoms with Crippen LogP contribution in [0, 0.1) is 6.92 Å². The van der Waals surface area contributed by atoms with Crippen molar-refractivity contribution < 1.29 is 47.5 Å². The maximum absolute atomic E-state index is 12.8. The summed E-state index contributed by atoms with van der Waals surface area (Å²) >= 11 is 0. The second-order valence-electron chi connectivity index (χ2n) is 11.0. The predicted octanol–water partition coefficient (Wildman–Crippen LogP) is 7.53. The molecule has 49 heavy (non-hydrogen) atoms. The summed E-state index contributed by atoms with van der Waals surface area (Å²) in [6.45, 7) is 12.4. The first kappa shape index (κ1) is 38.5. The molecule has 0 aliphatic heterocycles. The molecule has 0 aliphatic rings. The Kier molecular flexibility index (Phi) is 17.2. The molecule has 0 bridgehead atoms. The second kappa shape index (κ2) is 21.8. The molecule has 0 N–H and O–H groups in total. The lowest BCUT2D eigenvalue weighted by Crippen LogP contribution is -2.11. The number of carbonyl (C=O) groups excluding carboxylic acids is 3. The number of ether oxygens (including phenoxy) is 7. The van der Waals surface area contributed by atoms with Crippen LogP contribution >= 0.6 is 0 Å². The molecule has 0 heterocycles. The van der Waals surface area contributed by atoms with Gasteiger partial charge in [-0.15, -0.1) is 0 Å². The van der Waals surface area contributed by atoms with Crippen LogP contribution in [0.1, 0.15) is 70.4 Å². The van der Waals surface area contributed by atoms with Crippen LogP contribution in [-0.4, -0.2) is 64.7 Å². The van der Waals surface area contributed by atoms with Crippen molar-refractivity contribution in [3.8, 4) is 17.2 Å². The average molecular weight is 675 g/mol. The molecule has 0 radical (unpaired) electrons. The van der Waals surface area contributed by atoms with Crippen LogP contribution in [0.2, 0.25) is 0 Å². The van der Waals surface area contributed by atoms with Crippen LogP contribution in [-0.2, 0) is 23.7 Å². The first-order chi connectivity index (χ1) is 23.8. The lowest BCUT2D eigenvalue weighted by molar-refractivity contribution is -0.137. The summed E-state index contributed by atoms with van der Waals surface area (Å²) in [6, 6.07) is 18.3. The molecule has 0 fully saturated rings. The van der Waals surface area contributed by atoms with E-state index in [9.17, 15) is 14.4 Å². The Labute approximate surface area is 288 Å². The van der Waals surface area contributed by atoms with E-state index in [-0.39, 0.29) is 0 Å². The zero-order valence-electron chi connectivity index (χ0n) is 28.4. The molecule has 3 rings (SSSR count). The molecule has 0 amide bonds. The number of benzene rings is 3. The van der Waals surface area contributed by atoms with Crippen molar-refractivity contribution in [2.24, 2.45) is 0 Å². The molecular formula is C39H46O10. The van der Waals surface area contributed by atoms with Gasteiger partial charge in [0.1, 0.15) is 23.0 Å². The lowest BCUT2D eigenvalue weighted by atomic mass is 10.1. The van der Waals surface area contributed by atoms with Crippen molar-refractivity contribution in [1.29, 1.82) is 0 Å². The molecule has 0 saturated heterocycles. The summed E-state index contributed by atoms with van der Waals surface area (Å²) in [5, 5.41) is 0. The third-order valence-corrected chi connectivity index (χ3v) is 7.16. The number of esters is 3. The van der Waals surface area contributed by atoms with E-state index in [0.29, 0.717) is 79.3 Å². The number of methoxy groups -OCH3 is 1. The first-order valence-corrected chi connectivity index (χ1v) is 16.4. The Morgan fingerprint density at radius 3 is 1.86 bits per heavy atom. The third kappa shape index (κ3) is 14.4. The lowest BCUT2D eigenvalue weighted by Gasteiger charge is -2.11. The van der Waals surface area contributed by atoms with Gasteiger partial charge in [-0.3, -0.25) is 0 Å². The van der Waals surface area contributed by atoms with Crippen LogP contribution in [0.5, 0.6) is 17.2 Å². The van der Waals surface area contributed by atoms with Gasteiger partial charge in [0, 0.05) is 45.0 Å². The normalized spacial score (nSPS) is 10.6. The molecule has 3 aromatic carbocycles. The zero-order valence-corrected chi connectivity index (χ0v) is 28.4. The number of hydrogen-bond acceptors (Lipinski definition) is 10. The monoisotopic (exact) mass is 674 g/mol. The fourth-order valence-corrected chi connectivity index (χ4v) is 4.43. The van der Waals surface area contributed by atoms with Gasteiger partial charge in [0.15, 0.2) is 0 Å². The Morgan fingerprint density at radius 1 is 0.633 bits per heavy atom. The van der Waals surface area contributed by atoms with Crippen molar-refractivity contribution >= 4 is 23.7 Å². The minimum Gasteiger partial charge on any atom is -0.494 e. The van der Waals surface area contributed by atoms with Gasteiger partial charge < -0.3 is 33.2 Å². The summed E-state index contributed by atoms with van der Waals surface area (Å²) < 4.78 is 38.1. The van der Waals surface area contributed by atoms with Crippen LogP contribution in [0.15, 0.2) is 86.0 Å². The fraction of sp³-hybridized carbons (Fsp3) is 0.359. The highest BCUT2D eigenvalue weighted by molar-refractivity contribution is 5.92. The smallest absolute Gasteiger partial charge is 0.343 e. The van der Waals surface area contributed by atoms with Gasteiger partial charge in [0.2, 0.25) is 0 Å². The highest BCUT2D eigenvalue weighted by Gasteiger charge is 2.14. The van der Waals surface area contributed by atoms with Crippen LogP contribution < -0.4 is 14.2 Å². The minimum atomic E-state index is -0.526. The van der Waals surface area contributed by atoms with Crippen molar-refractivity contribution in [1.82, 2.24) is 0 Å². The molecule has 0 spiro atoms. The quantitative estimate of drug-likeness (QED) is 0.0329. The Balaban J connectivity index is 1.38. The van der Waals surface area contributed by atoms with Crippen molar-refractivity contribution in [2.75, 3.05) is 46.8 Å². The molecule has 0 aromatic heterocycles.